The van der Waals surface area contributed by atoms with Crippen LogP contribution in [0, 0.1) is 46.5 Å². The van der Waals surface area contributed by atoms with Gasteiger partial charge in [-0.3, -0.25) is 0 Å². The first-order valence-electron chi connectivity index (χ1n) is 7.56. The zero-order chi connectivity index (χ0) is 24.9. The number of aliphatic hydroxyl groups is 1. The molecule has 0 saturated carbocycles. The zero-order valence-corrected chi connectivity index (χ0v) is 14.1. The van der Waals surface area contributed by atoms with Crippen molar-refractivity contribution in [1.82, 2.24) is 0 Å². The van der Waals surface area contributed by atoms with Gasteiger partial charge in [0.05, 0.1) is 11.1 Å². The van der Waals surface area contributed by atoms with Crippen LogP contribution < -0.4 is 0 Å². The molecule has 1 unspecified atom stereocenters. The van der Waals surface area contributed by atoms with Crippen LogP contribution in [0.5, 0.6) is 0 Å². The van der Waals surface area contributed by atoms with Gasteiger partial charge in [0.2, 0.25) is 0 Å². The minimum absolute atomic E-state index is 2.65. The maximum Gasteiger partial charge on any atom is 0.458 e. The van der Waals surface area contributed by atoms with Crippen LogP contribution in [0.25, 0.3) is 0 Å². The van der Waals surface area contributed by atoms with Gasteiger partial charge in [0.25, 0.3) is 0 Å². The van der Waals surface area contributed by atoms with E-state index in [1.54, 1.807) is 0 Å². The molecule has 1 nitrogen and oxygen atoms in total. The van der Waals surface area contributed by atoms with Crippen molar-refractivity contribution in [2.75, 3.05) is 0 Å². The molecular formula is C16HF15O. The van der Waals surface area contributed by atoms with E-state index in [-0.39, 0.29) is 0 Å². The fraction of sp³-hybridized carbons (Fsp3) is 0.250. The van der Waals surface area contributed by atoms with Crippen molar-refractivity contribution in [2.45, 2.75) is 23.6 Å². The molecule has 0 fully saturated rings. The molecule has 16 heteroatoms. The molecule has 0 aliphatic heterocycles. The van der Waals surface area contributed by atoms with Gasteiger partial charge < -0.3 is 5.11 Å². The minimum atomic E-state index is -7.03. The highest BCUT2D eigenvalue weighted by molar-refractivity contribution is 5.60. The molecule has 2 aromatic carbocycles. The summed E-state index contributed by atoms with van der Waals surface area (Å²) in [6, 6.07) is 0. The third-order valence-corrected chi connectivity index (χ3v) is 4.70. The molecule has 1 aliphatic rings. The van der Waals surface area contributed by atoms with E-state index >= 15 is 0 Å². The number of fused-ring (bicyclic) bond motifs is 1. The maximum absolute atomic E-state index is 14.4. The average Bonchev–Trinajstić information content (AvgIpc) is 2.67. The van der Waals surface area contributed by atoms with Crippen LogP contribution in [-0.4, -0.2) is 11.3 Å². The standard InChI is InChI=1S/C16HF15O/c17-5-1-3(7(19)11(23)9(5)21)14(25,26)13(1,32)2-4(15(27,28)16(29,30)31)8(20)12(24)10(22)6(2)18/h32H. The molecule has 0 spiro atoms. The van der Waals surface area contributed by atoms with Crippen LogP contribution in [0.1, 0.15) is 22.3 Å². The van der Waals surface area contributed by atoms with E-state index in [2.05, 4.69) is 0 Å². The molecule has 176 valence electrons. The average molecular weight is 494 g/mol. The van der Waals surface area contributed by atoms with Crippen LogP contribution in [0.15, 0.2) is 0 Å². The third-order valence-electron chi connectivity index (χ3n) is 4.70. The summed E-state index contributed by atoms with van der Waals surface area (Å²) in [4.78, 5) is 0. The Bertz CT molecular complexity index is 1170. The lowest BCUT2D eigenvalue weighted by molar-refractivity contribution is -0.292. The molecule has 0 amide bonds. The fourth-order valence-corrected chi connectivity index (χ4v) is 3.23. The second-order valence-corrected chi connectivity index (χ2v) is 6.37. The van der Waals surface area contributed by atoms with E-state index in [1.165, 1.54) is 0 Å². The topological polar surface area (TPSA) is 20.2 Å². The van der Waals surface area contributed by atoms with Crippen molar-refractivity contribution in [1.29, 1.82) is 0 Å². The maximum atomic E-state index is 14.4. The van der Waals surface area contributed by atoms with Gasteiger partial charge in [-0.15, -0.1) is 0 Å². The molecule has 1 atom stereocenters. The summed E-state index contributed by atoms with van der Waals surface area (Å²) in [6.45, 7) is 0. The Balaban J connectivity index is 2.60. The molecule has 0 saturated heterocycles. The molecular weight excluding hydrogens is 493 g/mol. The van der Waals surface area contributed by atoms with E-state index < -0.39 is 92.4 Å². The molecule has 1 aliphatic carbocycles. The highest BCUT2D eigenvalue weighted by Gasteiger charge is 2.75. The lowest BCUT2D eigenvalue weighted by Gasteiger charge is -2.48. The monoisotopic (exact) mass is 494 g/mol. The van der Waals surface area contributed by atoms with Gasteiger partial charge in [0.15, 0.2) is 52.1 Å². The van der Waals surface area contributed by atoms with Gasteiger partial charge in [-0.1, -0.05) is 0 Å². The van der Waals surface area contributed by atoms with Crippen LogP contribution in [0.3, 0.4) is 0 Å². The van der Waals surface area contributed by atoms with Crippen LogP contribution in [-0.2, 0) is 17.4 Å². The Morgan fingerprint density at radius 2 is 0.844 bits per heavy atom. The lowest BCUT2D eigenvalue weighted by atomic mass is 9.63. The summed E-state index contributed by atoms with van der Waals surface area (Å²) in [7, 11) is 0. The predicted octanol–water partition coefficient (Wildman–Crippen LogP) is 5.79. The first-order chi connectivity index (χ1) is 14.3. The zero-order valence-electron chi connectivity index (χ0n) is 14.1. The number of hydrogen-bond acceptors (Lipinski definition) is 1. The molecule has 0 heterocycles. The fourth-order valence-electron chi connectivity index (χ4n) is 3.23. The van der Waals surface area contributed by atoms with Crippen molar-refractivity contribution < 1.29 is 71.0 Å². The quantitative estimate of drug-likeness (QED) is 0.318. The van der Waals surface area contributed by atoms with E-state index in [9.17, 15) is 71.0 Å². The van der Waals surface area contributed by atoms with Gasteiger partial charge in [-0.2, -0.15) is 30.7 Å². The number of halogens is 15. The van der Waals surface area contributed by atoms with Crippen molar-refractivity contribution in [3.8, 4) is 0 Å². The SMILES string of the molecule is OC1(c2c(F)c(F)c(F)c(F)c2C(F)(F)C(F)(F)F)c2c(F)c(F)c(F)c(F)c2C1(F)F. The van der Waals surface area contributed by atoms with Gasteiger partial charge in [0, 0.05) is 11.1 Å². The number of hydrogen-bond donors (Lipinski definition) is 1. The minimum Gasteiger partial charge on any atom is -0.374 e. The summed E-state index contributed by atoms with van der Waals surface area (Å²) >= 11 is 0. The van der Waals surface area contributed by atoms with Gasteiger partial charge in [0.1, 0.15) is 0 Å². The number of alkyl halides is 7. The number of rotatable bonds is 2. The molecule has 1 N–H and O–H groups in total. The summed E-state index contributed by atoms with van der Waals surface area (Å²) in [5.74, 6) is -38.5. The smallest absolute Gasteiger partial charge is 0.374 e. The van der Waals surface area contributed by atoms with Crippen molar-refractivity contribution in [3.63, 3.8) is 0 Å². The van der Waals surface area contributed by atoms with E-state index in [1.807, 2.05) is 0 Å². The molecule has 0 radical (unpaired) electrons. The highest BCUT2D eigenvalue weighted by Crippen LogP contribution is 2.65. The van der Waals surface area contributed by atoms with Crippen LogP contribution in [0.2, 0.25) is 0 Å². The van der Waals surface area contributed by atoms with E-state index in [4.69, 9.17) is 0 Å². The summed E-state index contributed by atoms with van der Waals surface area (Å²) in [5, 5.41) is 10.1. The Labute approximate surface area is 164 Å². The normalized spacial score (nSPS) is 20.2. The van der Waals surface area contributed by atoms with Gasteiger partial charge in [-0.25, -0.2) is 35.1 Å². The van der Waals surface area contributed by atoms with Crippen LogP contribution in [0.4, 0.5) is 65.9 Å². The largest absolute Gasteiger partial charge is 0.458 e. The highest BCUT2D eigenvalue weighted by atomic mass is 19.4. The first-order valence-corrected chi connectivity index (χ1v) is 7.56. The predicted molar refractivity (Wildman–Crippen MR) is 69.4 cm³/mol. The Hall–Kier alpha value is -2.65. The lowest BCUT2D eigenvalue weighted by Crippen LogP contribution is -2.58. The van der Waals surface area contributed by atoms with E-state index in [0.717, 1.165) is 0 Å². The molecule has 0 aromatic heterocycles. The Morgan fingerprint density at radius 3 is 1.25 bits per heavy atom. The van der Waals surface area contributed by atoms with E-state index in [0.29, 0.717) is 0 Å². The molecule has 32 heavy (non-hydrogen) atoms. The van der Waals surface area contributed by atoms with Crippen molar-refractivity contribution in [3.05, 3.63) is 68.8 Å². The third kappa shape index (κ3) is 2.49. The first kappa shape index (κ1) is 24.0. The Kier molecular flexibility index (Phi) is 4.84. The number of benzene rings is 2. The van der Waals surface area contributed by atoms with Crippen molar-refractivity contribution in [2.24, 2.45) is 0 Å². The van der Waals surface area contributed by atoms with Crippen LogP contribution >= 0.6 is 0 Å². The summed E-state index contributed by atoms with van der Waals surface area (Å²) in [6.07, 6.45) is -7.03. The second-order valence-electron chi connectivity index (χ2n) is 6.37. The van der Waals surface area contributed by atoms with Gasteiger partial charge >= 0.3 is 18.0 Å². The molecule has 2 aromatic rings. The van der Waals surface area contributed by atoms with Gasteiger partial charge in [-0.05, 0) is 0 Å². The summed E-state index contributed by atoms with van der Waals surface area (Å²) < 4.78 is 204. The Morgan fingerprint density at radius 1 is 0.500 bits per heavy atom. The van der Waals surface area contributed by atoms with Crippen molar-refractivity contribution >= 4 is 0 Å². The summed E-state index contributed by atoms with van der Waals surface area (Å²) in [5.41, 5.74) is -17.9. The molecule has 3 rings (SSSR count). The molecule has 0 bridgehead atoms. The second kappa shape index (κ2) is 6.45.